The number of carbonyl (C=O) groups excluding carboxylic acids is 1. The lowest BCUT2D eigenvalue weighted by Crippen LogP contribution is -2.25. The summed E-state index contributed by atoms with van der Waals surface area (Å²) in [5.41, 5.74) is 2.01. The van der Waals surface area contributed by atoms with Gasteiger partial charge in [0.2, 0.25) is 5.91 Å². The molecule has 0 saturated heterocycles. The Kier molecular flexibility index (Phi) is 7.13. The Hall–Kier alpha value is -2.50. The van der Waals surface area contributed by atoms with Crippen LogP contribution in [0.15, 0.2) is 40.7 Å². The number of nitrogens with zero attached hydrogens (tertiary/aromatic N) is 3. The van der Waals surface area contributed by atoms with Crippen molar-refractivity contribution in [1.29, 1.82) is 0 Å². The molecule has 2 aromatic rings. The van der Waals surface area contributed by atoms with Crippen LogP contribution >= 0.6 is 0 Å². The molecule has 1 aliphatic carbocycles. The number of unbranched alkanes of at least 4 members (excludes halogenated alkanes) is 2. The van der Waals surface area contributed by atoms with Crippen molar-refractivity contribution in [3.8, 4) is 0 Å². The van der Waals surface area contributed by atoms with E-state index in [4.69, 9.17) is 0 Å². The first-order valence-corrected chi connectivity index (χ1v) is 10.0. The van der Waals surface area contributed by atoms with Gasteiger partial charge in [0.15, 0.2) is 0 Å². The van der Waals surface area contributed by atoms with Gasteiger partial charge in [0.05, 0.1) is 5.39 Å². The van der Waals surface area contributed by atoms with Gasteiger partial charge in [0.1, 0.15) is 5.52 Å². The molecule has 1 N–H and O–H groups in total. The van der Waals surface area contributed by atoms with E-state index in [0.29, 0.717) is 23.9 Å². The number of allylic oxidation sites excluding steroid dienone is 1. The van der Waals surface area contributed by atoms with E-state index in [2.05, 4.69) is 21.7 Å². The van der Waals surface area contributed by atoms with Gasteiger partial charge in [0.25, 0.3) is 5.56 Å². The molecule has 0 unspecified atom stereocenters. The summed E-state index contributed by atoms with van der Waals surface area (Å²) in [6.45, 7) is 1.28. The SMILES string of the molecule is O=C(CCCCCn1nnc2ccccc2c1=O)NCCC1=CCCCC1. The second kappa shape index (κ2) is 10.00. The van der Waals surface area contributed by atoms with Crippen molar-refractivity contribution >= 4 is 16.8 Å². The van der Waals surface area contributed by atoms with Gasteiger partial charge in [-0.2, -0.15) is 0 Å². The highest BCUT2D eigenvalue weighted by molar-refractivity contribution is 5.76. The molecule has 0 bridgehead atoms. The smallest absolute Gasteiger partial charge is 0.277 e. The number of hydrogen-bond donors (Lipinski definition) is 1. The first-order valence-electron chi connectivity index (χ1n) is 10.0. The van der Waals surface area contributed by atoms with Gasteiger partial charge in [0, 0.05) is 19.5 Å². The van der Waals surface area contributed by atoms with Crippen LogP contribution in [0.1, 0.15) is 57.8 Å². The molecule has 3 rings (SSSR count). The third-order valence-corrected chi connectivity index (χ3v) is 5.06. The highest BCUT2D eigenvalue weighted by Crippen LogP contribution is 2.19. The second-order valence-electron chi connectivity index (χ2n) is 7.15. The number of amides is 1. The van der Waals surface area contributed by atoms with Crippen LogP contribution in [0.3, 0.4) is 0 Å². The first-order chi connectivity index (χ1) is 13.2. The number of rotatable bonds is 9. The number of nitrogens with one attached hydrogen (secondary N) is 1. The summed E-state index contributed by atoms with van der Waals surface area (Å²) in [6, 6.07) is 7.24. The van der Waals surface area contributed by atoms with E-state index in [1.54, 1.807) is 12.1 Å². The summed E-state index contributed by atoms with van der Waals surface area (Å²) < 4.78 is 1.42. The van der Waals surface area contributed by atoms with E-state index in [1.807, 2.05) is 12.1 Å². The Labute approximate surface area is 159 Å². The van der Waals surface area contributed by atoms with Crippen molar-refractivity contribution < 1.29 is 4.79 Å². The Balaban J connectivity index is 1.32. The average Bonchev–Trinajstić information content (AvgIpc) is 2.70. The molecule has 0 saturated carbocycles. The standard InChI is InChI=1S/C21H28N4O2/c26-20(22-15-14-17-9-3-1-4-10-17)13-5-2-8-16-25-21(27)18-11-6-7-12-19(18)23-24-25/h6-7,9,11-12H,1-5,8,10,13-16H2,(H,22,26). The third kappa shape index (κ3) is 5.74. The predicted octanol–water partition coefficient (Wildman–Crippen LogP) is 3.36. The van der Waals surface area contributed by atoms with E-state index in [0.717, 1.165) is 32.2 Å². The van der Waals surface area contributed by atoms with E-state index in [1.165, 1.54) is 35.9 Å². The van der Waals surface area contributed by atoms with Gasteiger partial charge in [-0.25, -0.2) is 4.68 Å². The molecule has 1 heterocycles. The molecule has 1 amide bonds. The van der Waals surface area contributed by atoms with Crippen LogP contribution in [0.2, 0.25) is 0 Å². The van der Waals surface area contributed by atoms with Crippen molar-refractivity contribution in [3.05, 3.63) is 46.3 Å². The zero-order valence-electron chi connectivity index (χ0n) is 15.8. The molecule has 1 aliphatic rings. The van der Waals surface area contributed by atoms with Gasteiger partial charge >= 0.3 is 0 Å². The molecule has 1 aromatic carbocycles. The Morgan fingerprint density at radius 2 is 2.04 bits per heavy atom. The molecule has 144 valence electrons. The monoisotopic (exact) mass is 368 g/mol. The third-order valence-electron chi connectivity index (χ3n) is 5.06. The summed E-state index contributed by atoms with van der Waals surface area (Å²) in [7, 11) is 0. The molecule has 0 aliphatic heterocycles. The molecule has 27 heavy (non-hydrogen) atoms. The largest absolute Gasteiger partial charge is 0.356 e. The quantitative estimate of drug-likeness (QED) is 0.544. The lowest BCUT2D eigenvalue weighted by Gasteiger charge is -2.12. The minimum Gasteiger partial charge on any atom is -0.356 e. The normalized spacial score (nSPS) is 14.1. The number of hydrogen-bond acceptors (Lipinski definition) is 4. The van der Waals surface area contributed by atoms with Crippen LogP contribution in [0.4, 0.5) is 0 Å². The number of benzene rings is 1. The van der Waals surface area contributed by atoms with Crippen molar-refractivity contribution in [2.75, 3.05) is 6.54 Å². The van der Waals surface area contributed by atoms with Crippen molar-refractivity contribution in [3.63, 3.8) is 0 Å². The second-order valence-corrected chi connectivity index (χ2v) is 7.15. The Morgan fingerprint density at radius 3 is 2.89 bits per heavy atom. The maximum atomic E-state index is 12.3. The molecule has 6 nitrogen and oxygen atoms in total. The zero-order valence-corrected chi connectivity index (χ0v) is 15.8. The van der Waals surface area contributed by atoms with Crippen LogP contribution < -0.4 is 10.9 Å². The summed E-state index contributed by atoms with van der Waals surface area (Å²) in [5.74, 6) is 0.120. The van der Waals surface area contributed by atoms with Crippen molar-refractivity contribution in [1.82, 2.24) is 20.3 Å². The maximum Gasteiger partial charge on any atom is 0.277 e. The van der Waals surface area contributed by atoms with Gasteiger partial charge in [-0.15, -0.1) is 5.10 Å². The summed E-state index contributed by atoms with van der Waals surface area (Å²) in [6.07, 6.45) is 11.3. The maximum absolute atomic E-state index is 12.3. The molecule has 0 radical (unpaired) electrons. The summed E-state index contributed by atoms with van der Waals surface area (Å²) in [5, 5.41) is 11.7. The molecular weight excluding hydrogens is 340 g/mol. The number of fused-ring (bicyclic) bond motifs is 1. The average molecular weight is 368 g/mol. The molecule has 0 fully saturated rings. The van der Waals surface area contributed by atoms with Crippen LogP contribution in [0, 0.1) is 0 Å². The van der Waals surface area contributed by atoms with E-state index >= 15 is 0 Å². The minimum atomic E-state index is -0.102. The Morgan fingerprint density at radius 1 is 1.15 bits per heavy atom. The first kappa shape index (κ1) is 19.3. The molecule has 0 spiro atoms. The predicted molar refractivity (Wildman–Crippen MR) is 106 cm³/mol. The van der Waals surface area contributed by atoms with Crippen LogP contribution in [-0.2, 0) is 11.3 Å². The van der Waals surface area contributed by atoms with Gasteiger partial charge in [-0.3, -0.25) is 9.59 Å². The highest BCUT2D eigenvalue weighted by Gasteiger charge is 2.06. The lowest BCUT2D eigenvalue weighted by atomic mass is 9.97. The highest BCUT2D eigenvalue weighted by atomic mass is 16.1. The number of carbonyl (C=O) groups is 1. The molecule has 6 heteroatoms. The van der Waals surface area contributed by atoms with E-state index < -0.39 is 0 Å². The zero-order chi connectivity index (χ0) is 18.9. The topological polar surface area (TPSA) is 76.9 Å². The van der Waals surface area contributed by atoms with E-state index in [9.17, 15) is 9.59 Å². The fourth-order valence-electron chi connectivity index (χ4n) is 3.48. The van der Waals surface area contributed by atoms with Crippen molar-refractivity contribution in [2.24, 2.45) is 0 Å². The molecule has 1 aromatic heterocycles. The molecular formula is C21H28N4O2. The van der Waals surface area contributed by atoms with Crippen LogP contribution in [0.25, 0.3) is 10.9 Å². The Bertz CT molecular complexity index is 857. The van der Waals surface area contributed by atoms with E-state index in [-0.39, 0.29) is 11.5 Å². The molecule has 0 atom stereocenters. The lowest BCUT2D eigenvalue weighted by molar-refractivity contribution is -0.121. The minimum absolute atomic E-state index is 0.102. The van der Waals surface area contributed by atoms with Crippen molar-refractivity contribution in [2.45, 2.75) is 64.3 Å². The number of aromatic nitrogens is 3. The number of aryl methyl sites for hydroxylation is 1. The summed E-state index contributed by atoms with van der Waals surface area (Å²) >= 11 is 0. The summed E-state index contributed by atoms with van der Waals surface area (Å²) in [4.78, 5) is 24.3. The fourth-order valence-corrected chi connectivity index (χ4v) is 3.48. The fraction of sp³-hybridized carbons (Fsp3) is 0.524. The van der Waals surface area contributed by atoms with Crippen LogP contribution in [0.5, 0.6) is 0 Å². The van der Waals surface area contributed by atoms with Gasteiger partial charge in [-0.05, 0) is 57.1 Å². The van der Waals surface area contributed by atoms with Gasteiger partial charge < -0.3 is 5.32 Å². The van der Waals surface area contributed by atoms with Gasteiger partial charge in [-0.1, -0.05) is 35.4 Å². The van der Waals surface area contributed by atoms with Crippen LogP contribution in [-0.4, -0.2) is 27.4 Å².